The molecule has 1 atom stereocenters. The largest absolute Gasteiger partial charge is 0.493 e. The molecule has 0 amide bonds. The molecule has 1 heterocycles. The highest BCUT2D eigenvalue weighted by molar-refractivity contribution is 6.74. The van der Waals surface area contributed by atoms with Gasteiger partial charge in [0.15, 0.2) is 8.32 Å². The van der Waals surface area contributed by atoms with Crippen molar-refractivity contribution in [3.63, 3.8) is 0 Å². The van der Waals surface area contributed by atoms with Crippen molar-refractivity contribution >= 4 is 8.32 Å². The summed E-state index contributed by atoms with van der Waals surface area (Å²) < 4.78 is 18.7. The fraction of sp³-hybridized carbons (Fsp3) is 0.471. The van der Waals surface area contributed by atoms with Crippen LogP contribution >= 0.6 is 0 Å². The third-order valence-electron chi connectivity index (χ3n) is 8.02. The Balaban J connectivity index is 1.66. The lowest BCUT2D eigenvalue weighted by atomic mass is 9.90. The van der Waals surface area contributed by atoms with Crippen molar-refractivity contribution in [1.29, 1.82) is 5.26 Å². The van der Waals surface area contributed by atoms with Gasteiger partial charge in [-0.05, 0) is 103 Å². The van der Waals surface area contributed by atoms with Gasteiger partial charge in [-0.3, -0.25) is 0 Å². The first kappa shape index (κ1) is 31.4. The van der Waals surface area contributed by atoms with Gasteiger partial charge in [-0.2, -0.15) is 5.26 Å². The zero-order valence-corrected chi connectivity index (χ0v) is 26.9. The summed E-state index contributed by atoms with van der Waals surface area (Å²) in [6, 6.07) is 16.7. The summed E-state index contributed by atoms with van der Waals surface area (Å²) in [4.78, 5) is 4.41. The summed E-state index contributed by atoms with van der Waals surface area (Å²) >= 11 is 0. The van der Waals surface area contributed by atoms with Crippen LogP contribution in [0.4, 0.5) is 0 Å². The first-order valence-electron chi connectivity index (χ1n) is 14.3. The molecule has 0 spiro atoms. The van der Waals surface area contributed by atoms with Crippen LogP contribution in [0.15, 0.2) is 48.7 Å². The highest BCUT2D eigenvalue weighted by Crippen LogP contribution is 2.38. The smallest absolute Gasteiger partial charge is 0.213 e. The molecule has 40 heavy (non-hydrogen) atoms. The summed E-state index contributed by atoms with van der Waals surface area (Å²) in [5.41, 5.74) is 8.19. The normalized spacial score (nSPS) is 12.6. The van der Waals surface area contributed by atoms with Crippen LogP contribution in [0.3, 0.4) is 0 Å². The number of nitrogens with zero attached hydrogens (tertiary/aromatic N) is 2. The van der Waals surface area contributed by atoms with Crippen LogP contribution < -0.4 is 9.47 Å². The summed E-state index contributed by atoms with van der Waals surface area (Å²) in [5, 5.41) is 8.97. The molecule has 0 N–H and O–H groups in total. The summed E-state index contributed by atoms with van der Waals surface area (Å²) in [7, 11) is -1.78. The molecule has 3 aromatic rings. The second kappa shape index (κ2) is 13.5. The molecule has 1 aromatic heterocycles. The summed E-state index contributed by atoms with van der Waals surface area (Å²) in [6.07, 6.45) is 4.02. The third-order valence-corrected chi connectivity index (χ3v) is 12.6. The molecule has 0 radical (unpaired) electrons. The minimum absolute atomic E-state index is 0.173. The van der Waals surface area contributed by atoms with Crippen LogP contribution in [0, 0.1) is 32.1 Å². The maximum Gasteiger partial charge on any atom is 0.213 e. The van der Waals surface area contributed by atoms with Gasteiger partial charge >= 0.3 is 0 Å². The maximum atomic E-state index is 8.77. The third kappa shape index (κ3) is 8.19. The van der Waals surface area contributed by atoms with E-state index in [1.807, 2.05) is 12.1 Å². The number of hydrogen-bond donors (Lipinski definition) is 0. The Morgan fingerprint density at radius 3 is 2.30 bits per heavy atom. The molecule has 3 rings (SSSR count). The van der Waals surface area contributed by atoms with Crippen LogP contribution in [0.25, 0.3) is 11.1 Å². The van der Waals surface area contributed by atoms with Crippen molar-refractivity contribution < 1.29 is 13.9 Å². The summed E-state index contributed by atoms with van der Waals surface area (Å²) in [6.45, 7) is 21.1. The van der Waals surface area contributed by atoms with E-state index in [1.54, 1.807) is 6.20 Å². The van der Waals surface area contributed by atoms with Crippen LogP contribution in [0.2, 0.25) is 18.1 Å². The lowest BCUT2D eigenvalue weighted by Crippen LogP contribution is -2.43. The Labute approximate surface area is 242 Å². The highest BCUT2D eigenvalue weighted by atomic mass is 28.4. The Morgan fingerprint density at radius 2 is 1.70 bits per heavy atom. The van der Waals surface area contributed by atoms with Gasteiger partial charge in [0.25, 0.3) is 0 Å². The monoisotopic (exact) mass is 558 g/mol. The molecule has 0 fully saturated rings. The number of pyridine rings is 1. The van der Waals surface area contributed by atoms with E-state index in [0.29, 0.717) is 31.9 Å². The van der Waals surface area contributed by atoms with E-state index >= 15 is 0 Å². The predicted molar refractivity (Wildman–Crippen MR) is 166 cm³/mol. The van der Waals surface area contributed by atoms with E-state index in [2.05, 4.69) is 103 Å². The predicted octanol–water partition coefficient (Wildman–Crippen LogP) is 8.89. The molecular formula is C34H46N2O3Si. The molecule has 6 heteroatoms. The number of hydrogen-bond acceptors (Lipinski definition) is 5. The Hall–Kier alpha value is -3.14. The van der Waals surface area contributed by atoms with Gasteiger partial charge in [-0.25, -0.2) is 4.98 Å². The van der Waals surface area contributed by atoms with Gasteiger partial charge in [0.2, 0.25) is 5.88 Å². The van der Waals surface area contributed by atoms with E-state index < -0.39 is 8.32 Å². The number of benzene rings is 2. The average molecular weight is 559 g/mol. The van der Waals surface area contributed by atoms with Crippen molar-refractivity contribution in [2.75, 3.05) is 6.61 Å². The Kier molecular flexibility index (Phi) is 10.6. The number of rotatable bonds is 12. The number of aromatic nitrogens is 1. The van der Waals surface area contributed by atoms with Gasteiger partial charge < -0.3 is 13.9 Å². The molecule has 0 saturated heterocycles. The van der Waals surface area contributed by atoms with Crippen molar-refractivity contribution in [1.82, 2.24) is 4.98 Å². The zero-order valence-electron chi connectivity index (χ0n) is 25.9. The average Bonchev–Trinajstić information content (AvgIpc) is 2.87. The molecule has 0 aliphatic carbocycles. The summed E-state index contributed by atoms with van der Waals surface area (Å²) in [5.74, 6) is 1.49. The molecule has 2 aromatic carbocycles. The Bertz CT molecular complexity index is 1300. The first-order valence-corrected chi connectivity index (χ1v) is 17.2. The van der Waals surface area contributed by atoms with Crippen LogP contribution in [-0.2, 0) is 17.5 Å². The zero-order chi connectivity index (χ0) is 29.5. The maximum absolute atomic E-state index is 8.77. The number of aryl methyl sites for hydroxylation is 3. The lowest BCUT2D eigenvalue weighted by molar-refractivity contribution is 0.161. The molecule has 0 aliphatic heterocycles. The van der Waals surface area contributed by atoms with Crippen molar-refractivity contribution in [2.24, 2.45) is 0 Å². The molecule has 214 valence electrons. The van der Waals surface area contributed by atoms with Crippen molar-refractivity contribution in [2.45, 2.75) is 98.6 Å². The highest BCUT2D eigenvalue weighted by Gasteiger charge is 2.38. The molecular weight excluding hydrogens is 512 g/mol. The number of nitriles is 1. The van der Waals surface area contributed by atoms with Crippen molar-refractivity contribution in [3.8, 4) is 28.8 Å². The van der Waals surface area contributed by atoms with E-state index in [0.717, 1.165) is 23.3 Å². The van der Waals surface area contributed by atoms with Gasteiger partial charge in [0.05, 0.1) is 12.7 Å². The second-order valence-electron chi connectivity index (χ2n) is 12.3. The fourth-order valence-electron chi connectivity index (χ4n) is 4.62. The van der Waals surface area contributed by atoms with E-state index in [1.165, 1.54) is 27.8 Å². The van der Waals surface area contributed by atoms with Gasteiger partial charge in [0.1, 0.15) is 12.4 Å². The molecule has 0 unspecified atom stereocenters. The van der Waals surface area contributed by atoms with Crippen LogP contribution in [0.5, 0.6) is 11.6 Å². The first-order chi connectivity index (χ1) is 18.8. The standard InChI is InChI=1S/C34H46N2O3Si/c1-24-20-30(37-19-17-26(3)39-40(8,9)34(5,6)7)21-25(2)33(24)31-14-10-13-29(27(31)4)23-38-32-16-15-28(22-36-32)12-11-18-35/h10,13-16,20-22,26H,11-12,17,19,23H2,1-9H3/t26-/m0/s1. The molecule has 5 nitrogen and oxygen atoms in total. The molecule has 0 aliphatic rings. The SMILES string of the molecule is Cc1cc(OCC[C@H](C)O[Si](C)(C)C(C)(C)C)cc(C)c1-c1cccc(COc2ccc(CCC#N)cn2)c1C. The molecule has 0 bridgehead atoms. The van der Waals surface area contributed by atoms with E-state index in [-0.39, 0.29) is 11.1 Å². The van der Waals surface area contributed by atoms with Gasteiger partial charge in [-0.15, -0.1) is 0 Å². The van der Waals surface area contributed by atoms with Crippen LogP contribution in [0.1, 0.15) is 68.4 Å². The Morgan fingerprint density at radius 1 is 1.00 bits per heavy atom. The minimum Gasteiger partial charge on any atom is -0.493 e. The second-order valence-corrected chi connectivity index (χ2v) is 17.1. The van der Waals surface area contributed by atoms with Crippen molar-refractivity contribution in [3.05, 3.63) is 76.5 Å². The van der Waals surface area contributed by atoms with E-state index in [4.69, 9.17) is 19.2 Å². The molecule has 0 saturated carbocycles. The van der Waals surface area contributed by atoms with E-state index in [9.17, 15) is 0 Å². The van der Waals surface area contributed by atoms with Crippen LogP contribution in [-0.4, -0.2) is 26.0 Å². The minimum atomic E-state index is -1.78. The quantitative estimate of drug-likeness (QED) is 0.208. The topological polar surface area (TPSA) is 64.4 Å². The fourth-order valence-corrected chi connectivity index (χ4v) is 6.10. The lowest BCUT2D eigenvalue weighted by Gasteiger charge is -2.38. The van der Waals surface area contributed by atoms with Gasteiger partial charge in [-0.1, -0.05) is 45.0 Å². The number of ether oxygens (including phenoxy) is 2. The van der Waals surface area contributed by atoms with Gasteiger partial charge in [0, 0.05) is 31.2 Å².